The number of nitrogens with zero attached hydrogens (tertiary/aromatic N) is 5. The summed E-state index contributed by atoms with van der Waals surface area (Å²) < 4.78 is 11.7. The SMILES string of the molecule is COC(=O)Nc1cccc2c(NC[C@H](Cc3ccccc3)NC(=O)/C=C/c3cc(Cl)ccc3-n3cnnn3)noc12. The van der Waals surface area contributed by atoms with Crippen molar-refractivity contribution < 1.29 is 18.8 Å². The van der Waals surface area contributed by atoms with Crippen LogP contribution in [0.3, 0.4) is 0 Å². The van der Waals surface area contributed by atoms with E-state index in [1.54, 1.807) is 36.4 Å². The molecule has 0 aliphatic carbocycles. The van der Waals surface area contributed by atoms with Crippen LogP contribution in [0.1, 0.15) is 11.1 Å². The number of carbonyl (C=O) groups excluding carboxylic acids is 2. The lowest BCUT2D eigenvalue weighted by Crippen LogP contribution is -2.40. The zero-order valence-corrected chi connectivity index (χ0v) is 22.6. The molecule has 0 bridgehead atoms. The molecule has 0 unspecified atom stereocenters. The first-order valence-electron chi connectivity index (χ1n) is 12.5. The minimum absolute atomic E-state index is 0.301. The van der Waals surface area contributed by atoms with Gasteiger partial charge in [0.25, 0.3) is 0 Å². The number of carbonyl (C=O) groups is 2. The molecule has 0 spiro atoms. The third kappa shape index (κ3) is 6.86. The summed E-state index contributed by atoms with van der Waals surface area (Å²) in [6.45, 7) is 0.345. The topological polar surface area (TPSA) is 149 Å². The molecule has 2 heterocycles. The average Bonchev–Trinajstić information content (AvgIpc) is 3.66. The van der Waals surface area contributed by atoms with Crippen LogP contribution in [0.15, 0.2) is 83.7 Å². The van der Waals surface area contributed by atoms with E-state index in [-0.39, 0.29) is 11.9 Å². The highest BCUT2D eigenvalue weighted by Gasteiger charge is 2.17. The van der Waals surface area contributed by atoms with Gasteiger partial charge in [0.05, 0.1) is 29.9 Å². The minimum atomic E-state index is -0.620. The fourth-order valence-corrected chi connectivity index (χ4v) is 4.38. The second kappa shape index (κ2) is 12.7. The van der Waals surface area contributed by atoms with Gasteiger partial charge in [0.2, 0.25) is 5.91 Å². The number of nitrogens with one attached hydrogen (secondary N) is 3. The number of fused-ring (bicyclic) bond motifs is 1. The number of para-hydroxylation sites is 1. The number of hydrogen-bond acceptors (Lipinski definition) is 9. The maximum Gasteiger partial charge on any atom is 0.411 e. The fourth-order valence-electron chi connectivity index (χ4n) is 4.20. The van der Waals surface area contributed by atoms with Crippen molar-refractivity contribution in [1.29, 1.82) is 0 Å². The summed E-state index contributed by atoms with van der Waals surface area (Å²) in [6, 6.07) is 20.0. The number of methoxy groups -OCH3 is 1. The predicted molar refractivity (Wildman–Crippen MR) is 154 cm³/mol. The third-order valence-corrected chi connectivity index (χ3v) is 6.34. The van der Waals surface area contributed by atoms with Gasteiger partial charge in [-0.15, -0.1) is 5.10 Å². The molecule has 13 heteroatoms. The maximum absolute atomic E-state index is 13.1. The van der Waals surface area contributed by atoms with Crippen molar-refractivity contribution in [3.8, 4) is 5.69 Å². The molecular weight excluding hydrogens is 548 g/mol. The molecule has 12 nitrogen and oxygen atoms in total. The Labute approximate surface area is 239 Å². The van der Waals surface area contributed by atoms with Crippen LogP contribution in [-0.4, -0.2) is 57.1 Å². The van der Waals surface area contributed by atoms with Crippen LogP contribution in [0.5, 0.6) is 0 Å². The van der Waals surface area contributed by atoms with Gasteiger partial charge >= 0.3 is 6.09 Å². The second-order valence-corrected chi connectivity index (χ2v) is 9.33. The first-order valence-corrected chi connectivity index (χ1v) is 12.9. The van der Waals surface area contributed by atoms with Crippen LogP contribution >= 0.6 is 11.6 Å². The van der Waals surface area contributed by atoms with Gasteiger partial charge in [0, 0.05) is 23.2 Å². The van der Waals surface area contributed by atoms with Gasteiger partial charge in [-0.3, -0.25) is 10.1 Å². The van der Waals surface area contributed by atoms with Gasteiger partial charge in [-0.2, -0.15) is 4.68 Å². The number of rotatable bonds is 10. The van der Waals surface area contributed by atoms with Gasteiger partial charge in [-0.05, 0) is 58.8 Å². The summed E-state index contributed by atoms with van der Waals surface area (Å²) in [7, 11) is 1.28. The number of hydrogen-bond donors (Lipinski definition) is 3. The lowest BCUT2D eigenvalue weighted by atomic mass is 10.1. The molecule has 41 heavy (non-hydrogen) atoms. The zero-order valence-electron chi connectivity index (χ0n) is 21.8. The molecule has 0 aliphatic heterocycles. The van der Waals surface area contributed by atoms with Crippen molar-refractivity contribution in [2.75, 3.05) is 24.3 Å². The van der Waals surface area contributed by atoms with Crippen molar-refractivity contribution in [2.45, 2.75) is 12.5 Å². The molecule has 3 aromatic carbocycles. The van der Waals surface area contributed by atoms with Crippen LogP contribution in [0.4, 0.5) is 16.3 Å². The zero-order chi connectivity index (χ0) is 28.6. The van der Waals surface area contributed by atoms with Gasteiger partial charge in [-0.25, -0.2) is 4.79 Å². The van der Waals surface area contributed by atoms with E-state index in [4.69, 9.17) is 16.1 Å². The van der Waals surface area contributed by atoms with Gasteiger partial charge in [-0.1, -0.05) is 53.2 Å². The Hall–Kier alpha value is -5.23. The van der Waals surface area contributed by atoms with Gasteiger partial charge in [0.15, 0.2) is 11.4 Å². The van der Waals surface area contributed by atoms with Crippen LogP contribution < -0.4 is 16.0 Å². The molecule has 1 atom stereocenters. The Kier molecular flexibility index (Phi) is 8.50. The second-order valence-electron chi connectivity index (χ2n) is 8.90. The summed E-state index contributed by atoms with van der Waals surface area (Å²) in [6.07, 6.45) is 4.50. The first-order chi connectivity index (χ1) is 20.0. The average molecular weight is 573 g/mol. The van der Waals surface area contributed by atoms with E-state index in [1.807, 2.05) is 36.4 Å². The van der Waals surface area contributed by atoms with E-state index in [0.717, 1.165) is 5.56 Å². The predicted octanol–water partition coefficient (Wildman–Crippen LogP) is 4.49. The molecular formula is C28H25ClN8O4. The molecule has 5 aromatic rings. The Morgan fingerprint density at radius 2 is 1.98 bits per heavy atom. The molecule has 3 N–H and O–H groups in total. The highest BCUT2D eigenvalue weighted by Crippen LogP contribution is 2.29. The fraction of sp³-hybridized carbons (Fsp3) is 0.143. The molecule has 5 rings (SSSR count). The Morgan fingerprint density at radius 3 is 2.76 bits per heavy atom. The van der Waals surface area contributed by atoms with Gasteiger partial charge in [0.1, 0.15) is 6.33 Å². The highest BCUT2D eigenvalue weighted by atomic mass is 35.5. The quantitative estimate of drug-likeness (QED) is 0.206. The Morgan fingerprint density at radius 1 is 1.12 bits per heavy atom. The molecule has 0 fully saturated rings. The van der Waals surface area contributed by atoms with E-state index in [9.17, 15) is 9.59 Å². The lowest BCUT2D eigenvalue weighted by Gasteiger charge is -2.19. The van der Waals surface area contributed by atoms with E-state index in [0.29, 0.717) is 51.7 Å². The summed E-state index contributed by atoms with van der Waals surface area (Å²) in [5.74, 6) is 0.173. The summed E-state index contributed by atoms with van der Waals surface area (Å²) in [5.41, 5.74) is 3.21. The van der Waals surface area contributed by atoms with E-state index >= 15 is 0 Å². The van der Waals surface area contributed by atoms with Gasteiger partial charge < -0.3 is 19.9 Å². The van der Waals surface area contributed by atoms with Crippen LogP contribution in [0.25, 0.3) is 22.7 Å². The number of benzene rings is 3. The molecule has 2 aromatic heterocycles. The number of halogens is 1. The monoisotopic (exact) mass is 572 g/mol. The van der Waals surface area contributed by atoms with Crippen LogP contribution in [-0.2, 0) is 16.0 Å². The first kappa shape index (κ1) is 27.3. The minimum Gasteiger partial charge on any atom is -0.453 e. The van der Waals surface area contributed by atoms with E-state index < -0.39 is 6.09 Å². The number of tetrazole rings is 1. The molecule has 0 aliphatic rings. The molecule has 0 radical (unpaired) electrons. The molecule has 0 saturated heterocycles. The standard InChI is InChI=1S/C28H25ClN8O4/c1-40-28(39)33-23-9-5-8-22-26(23)41-34-27(22)30-16-21(14-18-6-3-2-4-7-18)32-25(38)13-10-19-15-20(29)11-12-24(19)37-17-31-35-36-37/h2-13,15,17,21H,14,16H2,1H3,(H,30,34)(H,32,38)(H,33,39)/b13-10+/t21-/m0/s1. The number of anilines is 2. The van der Waals surface area contributed by atoms with Crippen molar-refractivity contribution in [2.24, 2.45) is 0 Å². The summed E-state index contributed by atoms with van der Waals surface area (Å²) in [4.78, 5) is 24.7. The van der Waals surface area contributed by atoms with Crippen molar-refractivity contribution in [3.63, 3.8) is 0 Å². The van der Waals surface area contributed by atoms with Crippen molar-refractivity contribution in [3.05, 3.63) is 95.3 Å². The van der Waals surface area contributed by atoms with E-state index in [2.05, 4.69) is 41.4 Å². The number of ether oxygens (including phenoxy) is 1. The molecule has 2 amide bonds. The Bertz CT molecular complexity index is 1670. The lowest BCUT2D eigenvalue weighted by molar-refractivity contribution is -0.117. The molecule has 208 valence electrons. The van der Waals surface area contributed by atoms with Crippen LogP contribution in [0.2, 0.25) is 5.02 Å². The largest absolute Gasteiger partial charge is 0.453 e. The normalized spacial score (nSPS) is 11.9. The third-order valence-electron chi connectivity index (χ3n) is 6.11. The smallest absolute Gasteiger partial charge is 0.411 e. The maximum atomic E-state index is 13.1. The molecule has 0 saturated carbocycles. The van der Waals surface area contributed by atoms with Crippen molar-refractivity contribution in [1.82, 2.24) is 30.7 Å². The van der Waals surface area contributed by atoms with Crippen molar-refractivity contribution >= 4 is 52.2 Å². The summed E-state index contributed by atoms with van der Waals surface area (Å²) >= 11 is 6.20. The number of amides is 2. The highest BCUT2D eigenvalue weighted by molar-refractivity contribution is 6.30. The number of aromatic nitrogens is 5. The summed E-state index contributed by atoms with van der Waals surface area (Å²) in [5, 5.41) is 25.5. The van der Waals surface area contributed by atoms with Crippen LogP contribution in [0, 0.1) is 0 Å². The van der Waals surface area contributed by atoms with E-state index in [1.165, 1.54) is 24.2 Å². The Balaban J connectivity index is 1.32.